The molecule has 0 aliphatic heterocycles. The van der Waals surface area contributed by atoms with Crippen LogP contribution in [0.4, 0.5) is 0 Å². The lowest BCUT2D eigenvalue weighted by Crippen LogP contribution is -2.10. The molecule has 6 heteroatoms. The maximum Gasteiger partial charge on any atom is 0.342 e. The Hall–Kier alpha value is -2.08. The van der Waals surface area contributed by atoms with Gasteiger partial charge in [-0.15, -0.1) is 0 Å². The van der Waals surface area contributed by atoms with Crippen LogP contribution >= 0.6 is 0 Å². The molecule has 0 unspecified atom stereocenters. The molecular formula is C11H12O6. The van der Waals surface area contributed by atoms with Crippen molar-refractivity contribution in [3.8, 4) is 11.5 Å². The maximum absolute atomic E-state index is 11.5. The number of rotatable bonds is 5. The highest BCUT2D eigenvalue weighted by Crippen LogP contribution is 2.31. The Morgan fingerprint density at radius 1 is 1.47 bits per heavy atom. The molecule has 1 rings (SSSR count). The first-order valence-electron chi connectivity index (χ1n) is 4.78. The molecule has 0 bridgehead atoms. The molecule has 0 saturated heterocycles. The molecule has 0 atom stereocenters. The van der Waals surface area contributed by atoms with E-state index in [9.17, 15) is 14.7 Å². The van der Waals surface area contributed by atoms with E-state index >= 15 is 0 Å². The molecule has 0 aliphatic carbocycles. The van der Waals surface area contributed by atoms with Crippen LogP contribution < -0.4 is 4.74 Å². The molecule has 0 heterocycles. The van der Waals surface area contributed by atoms with Crippen molar-refractivity contribution in [2.75, 3.05) is 20.3 Å². The van der Waals surface area contributed by atoms with Crippen LogP contribution in [0.3, 0.4) is 0 Å². The molecule has 2 N–H and O–H groups in total. The van der Waals surface area contributed by atoms with Crippen molar-refractivity contribution in [2.45, 2.75) is 0 Å². The van der Waals surface area contributed by atoms with Crippen molar-refractivity contribution >= 4 is 12.3 Å². The highest BCUT2D eigenvalue weighted by atomic mass is 16.5. The topological polar surface area (TPSA) is 93.1 Å². The number of esters is 1. The van der Waals surface area contributed by atoms with Gasteiger partial charge in [0.1, 0.15) is 18.5 Å². The standard InChI is InChI=1S/C11H12O6/c1-16-9-5-7(6-13)4-8(10(9)14)11(15)17-3-2-12/h4-6,12,14H,2-3H2,1H3. The third kappa shape index (κ3) is 2.94. The second kappa shape index (κ2) is 5.86. The van der Waals surface area contributed by atoms with Crippen molar-refractivity contribution in [3.05, 3.63) is 23.3 Å². The number of aliphatic hydroxyl groups excluding tert-OH is 1. The van der Waals surface area contributed by atoms with Gasteiger partial charge in [-0.25, -0.2) is 4.79 Å². The van der Waals surface area contributed by atoms with Gasteiger partial charge >= 0.3 is 5.97 Å². The molecule has 0 amide bonds. The summed E-state index contributed by atoms with van der Waals surface area (Å²) in [7, 11) is 1.30. The number of phenols is 1. The van der Waals surface area contributed by atoms with Gasteiger partial charge in [0.05, 0.1) is 13.7 Å². The fourth-order valence-electron chi connectivity index (χ4n) is 1.22. The van der Waals surface area contributed by atoms with Crippen LogP contribution in [-0.4, -0.2) is 42.8 Å². The second-order valence-corrected chi connectivity index (χ2v) is 3.10. The molecule has 6 nitrogen and oxygen atoms in total. The van der Waals surface area contributed by atoms with Gasteiger partial charge in [0, 0.05) is 5.56 Å². The van der Waals surface area contributed by atoms with Crippen molar-refractivity contribution in [2.24, 2.45) is 0 Å². The number of aromatic hydroxyl groups is 1. The zero-order valence-corrected chi connectivity index (χ0v) is 9.17. The fraction of sp³-hybridized carbons (Fsp3) is 0.273. The van der Waals surface area contributed by atoms with E-state index in [2.05, 4.69) is 4.74 Å². The van der Waals surface area contributed by atoms with E-state index in [0.717, 1.165) is 0 Å². The van der Waals surface area contributed by atoms with Crippen LogP contribution in [0, 0.1) is 0 Å². The third-order valence-electron chi connectivity index (χ3n) is 2.00. The number of aliphatic hydroxyl groups is 1. The Labute approximate surface area is 97.4 Å². The average molecular weight is 240 g/mol. The number of aldehydes is 1. The number of carbonyl (C=O) groups excluding carboxylic acids is 2. The van der Waals surface area contributed by atoms with E-state index in [-0.39, 0.29) is 30.1 Å². The van der Waals surface area contributed by atoms with E-state index < -0.39 is 11.7 Å². The number of hydrogen-bond donors (Lipinski definition) is 2. The normalized spacial score (nSPS) is 9.76. The number of hydrogen-bond acceptors (Lipinski definition) is 6. The van der Waals surface area contributed by atoms with Gasteiger partial charge in [-0.2, -0.15) is 0 Å². The number of methoxy groups -OCH3 is 1. The number of benzene rings is 1. The van der Waals surface area contributed by atoms with Crippen LogP contribution in [0.1, 0.15) is 20.7 Å². The summed E-state index contributed by atoms with van der Waals surface area (Å²) < 4.78 is 9.45. The number of carbonyl (C=O) groups is 2. The Balaban J connectivity index is 3.12. The second-order valence-electron chi connectivity index (χ2n) is 3.10. The first-order chi connectivity index (χ1) is 8.13. The van der Waals surface area contributed by atoms with Crippen molar-refractivity contribution in [1.29, 1.82) is 0 Å². The summed E-state index contributed by atoms with van der Waals surface area (Å²) in [6.07, 6.45) is 0.519. The smallest absolute Gasteiger partial charge is 0.342 e. The molecule has 0 spiro atoms. The van der Waals surface area contributed by atoms with Crippen LogP contribution in [0.15, 0.2) is 12.1 Å². The van der Waals surface area contributed by atoms with Crippen molar-refractivity contribution in [1.82, 2.24) is 0 Å². The van der Waals surface area contributed by atoms with Crippen LogP contribution in [0.2, 0.25) is 0 Å². The third-order valence-corrected chi connectivity index (χ3v) is 2.00. The summed E-state index contributed by atoms with van der Waals surface area (Å²) in [5.41, 5.74) is -0.00417. The molecule has 1 aromatic carbocycles. The van der Waals surface area contributed by atoms with Crippen LogP contribution in [0.5, 0.6) is 11.5 Å². The lowest BCUT2D eigenvalue weighted by molar-refractivity contribution is 0.0430. The summed E-state index contributed by atoms with van der Waals surface area (Å²) in [6.45, 7) is -0.511. The molecule has 0 aliphatic rings. The minimum atomic E-state index is -0.835. The molecule has 92 valence electrons. The quantitative estimate of drug-likeness (QED) is 0.570. The predicted octanol–water partition coefficient (Wildman–Crippen LogP) is 0.362. The Kier molecular flexibility index (Phi) is 4.47. The molecule has 0 radical (unpaired) electrons. The number of phenolic OH excluding ortho intramolecular Hbond substituents is 1. The zero-order chi connectivity index (χ0) is 12.8. The summed E-state index contributed by atoms with van der Waals surface area (Å²) in [5, 5.41) is 18.2. The Bertz CT molecular complexity index is 426. The highest BCUT2D eigenvalue weighted by molar-refractivity contribution is 5.95. The summed E-state index contributed by atoms with van der Waals surface area (Å²) in [6, 6.07) is 2.48. The zero-order valence-electron chi connectivity index (χ0n) is 9.17. The summed E-state index contributed by atoms with van der Waals surface area (Å²) in [5.74, 6) is -1.23. The Morgan fingerprint density at radius 3 is 2.71 bits per heavy atom. The molecular weight excluding hydrogens is 228 g/mol. The van der Waals surface area contributed by atoms with E-state index in [1.807, 2.05) is 0 Å². The maximum atomic E-state index is 11.5. The molecule has 0 saturated carbocycles. The van der Waals surface area contributed by atoms with Crippen LogP contribution in [-0.2, 0) is 4.74 Å². The lowest BCUT2D eigenvalue weighted by Gasteiger charge is -2.09. The largest absolute Gasteiger partial charge is 0.504 e. The molecule has 17 heavy (non-hydrogen) atoms. The first-order valence-corrected chi connectivity index (χ1v) is 4.78. The molecule has 0 aromatic heterocycles. The lowest BCUT2D eigenvalue weighted by atomic mass is 10.1. The van der Waals surface area contributed by atoms with E-state index in [0.29, 0.717) is 6.29 Å². The van der Waals surface area contributed by atoms with Crippen molar-refractivity contribution < 1.29 is 29.3 Å². The first kappa shape index (κ1) is 13.0. The van der Waals surface area contributed by atoms with E-state index in [1.54, 1.807) is 0 Å². The minimum Gasteiger partial charge on any atom is -0.504 e. The van der Waals surface area contributed by atoms with Gasteiger partial charge in [-0.3, -0.25) is 4.79 Å². The van der Waals surface area contributed by atoms with Crippen LogP contribution in [0.25, 0.3) is 0 Å². The van der Waals surface area contributed by atoms with Gasteiger partial charge in [-0.05, 0) is 12.1 Å². The van der Waals surface area contributed by atoms with Gasteiger partial charge in [-0.1, -0.05) is 0 Å². The van der Waals surface area contributed by atoms with E-state index in [4.69, 9.17) is 9.84 Å². The van der Waals surface area contributed by atoms with Gasteiger partial charge in [0.2, 0.25) is 0 Å². The highest BCUT2D eigenvalue weighted by Gasteiger charge is 2.18. The summed E-state index contributed by atoms with van der Waals surface area (Å²) in [4.78, 5) is 22.1. The molecule has 0 fully saturated rings. The minimum absolute atomic E-state index is 0.00514. The monoisotopic (exact) mass is 240 g/mol. The SMILES string of the molecule is COc1cc(C=O)cc(C(=O)OCCO)c1O. The average Bonchev–Trinajstić information content (AvgIpc) is 2.36. The summed E-state index contributed by atoms with van der Waals surface area (Å²) >= 11 is 0. The van der Waals surface area contributed by atoms with Crippen molar-refractivity contribution in [3.63, 3.8) is 0 Å². The fourth-order valence-corrected chi connectivity index (χ4v) is 1.22. The van der Waals surface area contributed by atoms with Gasteiger partial charge < -0.3 is 19.7 Å². The Morgan fingerprint density at radius 2 is 2.18 bits per heavy atom. The van der Waals surface area contributed by atoms with Gasteiger partial charge in [0.15, 0.2) is 11.5 Å². The molecule has 1 aromatic rings. The number of ether oxygens (including phenoxy) is 2. The van der Waals surface area contributed by atoms with E-state index in [1.165, 1.54) is 19.2 Å². The van der Waals surface area contributed by atoms with Gasteiger partial charge in [0.25, 0.3) is 0 Å². The predicted molar refractivity (Wildman–Crippen MR) is 57.4 cm³/mol.